The van der Waals surface area contributed by atoms with Crippen molar-refractivity contribution in [3.63, 3.8) is 0 Å². The quantitative estimate of drug-likeness (QED) is 0.730. The van der Waals surface area contributed by atoms with E-state index in [1.165, 1.54) is 0 Å². The first-order valence-electron chi connectivity index (χ1n) is 8.92. The first-order valence-corrected chi connectivity index (χ1v) is 9.73. The number of hydrogen-bond donors (Lipinski definition) is 1. The highest BCUT2D eigenvalue weighted by atomic mass is 32.1. The van der Waals surface area contributed by atoms with Crippen LogP contribution in [-0.2, 0) is 9.47 Å². The summed E-state index contributed by atoms with van der Waals surface area (Å²) in [6.07, 6.45) is -0.308. The Labute approximate surface area is 168 Å². The molecule has 150 valence electrons. The molecule has 28 heavy (non-hydrogen) atoms. The molecule has 0 bridgehead atoms. The van der Waals surface area contributed by atoms with Crippen molar-refractivity contribution >= 4 is 34.2 Å². The number of esters is 2. The molecule has 1 amide bonds. The predicted octanol–water partition coefficient (Wildman–Crippen LogP) is 4.06. The summed E-state index contributed by atoms with van der Waals surface area (Å²) < 4.78 is 10.3. The standard InChI is InChI=1S/C20H24N2O5S/c1-7-26-19(24)15-13(6)16(20(25)27-10(2)3)28-18(15)22-17(23)14-9-11(4)8-12(5)21-14/h8-10H,7H2,1-6H3,(H,22,23). The number of aromatic nitrogens is 1. The number of anilines is 1. The third-order valence-corrected chi connectivity index (χ3v) is 4.90. The molecule has 2 aromatic heterocycles. The monoisotopic (exact) mass is 404 g/mol. The van der Waals surface area contributed by atoms with Gasteiger partial charge in [-0.1, -0.05) is 0 Å². The Morgan fingerprint density at radius 1 is 1.14 bits per heavy atom. The van der Waals surface area contributed by atoms with Crippen molar-refractivity contribution in [1.82, 2.24) is 4.98 Å². The maximum atomic E-state index is 12.7. The lowest BCUT2D eigenvalue weighted by Crippen LogP contribution is -2.16. The number of carbonyl (C=O) groups excluding carboxylic acids is 3. The topological polar surface area (TPSA) is 94.6 Å². The summed E-state index contributed by atoms with van der Waals surface area (Å²) in [4.78, 5) is 42.0. The number of carbonyl (C=O) groups is 3. The van der Waals surface area contributed by atoms with E-state index >= 15 is 0 Å². The summed E-state index contributed by atoms with van der Waals surface area (Å²) in [5, 5.41) is 2.93. The second-order valence-corrected chi connectivity index (χ2v) is 7.58. The third kappa shape index (κ3) is 4.95. The highest BCUT2D eigenvalue weighted by Gasteiger charge is 2.28. The van der Waals surface area contributed by atoms with Crippen LogP contribution in [0.2, 0.25) is 0 Å². The first-order chi connectivity index (χ1) is 13.1. The van der Waals surface area contributed by atoms with Gasteiger partial charge < -0.3 is 14.8 Å². The molecule has 0 unspecified atom stereocenters. The third-order valence-electron chi connectivity index (χ3n) is 3.71. The minimum absolute atomic E-state index is 0.153. The van der Waals surface area contributed by atoms with Crippen LogP contribution in [0.4, 0.5) is 5.00 Å². The van der Waals surface area contributed by atoms with Crippen LogP contribution in [0, 0.1) is 20.8 Å². The van der Waals surface area contributed by atoms with Gasteiger partial charge >= 0.3 is 11.9 Å². The lowest BCUT2D eigenvalue weighted by atomic mass is 10.1. The van der Waals surface area contributed by atoms with Crippen molar-refractivity contribution < 1.29 is 23.9 Å². The van der Waals surface area contributed by atoms with Gasteiger partial charge in [0.25, 0.3) is 5.91 Å². The Morgan fingerprint density at radius 2 is 1.82 bits per heavy atom. The normalized spacial score (nSPS) is 10.7. The molecule has 2 heterocycles. The van der Waals surface area contributed by atoms with Crippen molar-refractivity contribution in [2.75, 3.05) is 11.9 Å². The molecular formula is C20H24N2O5S. The van der Waals surface area contributed by atoms with Gasteiger partial charge in [0.1, 0.15) is 15.6 Å². The Hall–Kier alpha value is -2.74. The van der Waals surface area contributed by atoms with Crippen LogP contribution in [0.25, 0.3) is 0 Å². The fourth-order valence-electron chi connectivity index (χ4n) is 2.64. The van der Waals surface area contributed by atoms with Gasteiger partial charge in [-0.3, -0.25) is 4.79 Å². The summed E-state index contributed by atoms with van der Waals surface area (Å²) in [5.74, 6) is -1.63. The molecule has 0 fully saturated rings. The summed E-state index contributed by atoms with van der Waals surface area (Å²) in [7, 11) is 0. The van der Waals surface area contributed by atoms with Crippen LogP contribution in [0.5, 0.6) is 0 Å². The minimum atomic E-state index is -0.608. The number of hydrogen-bond acceptors (Lipinski definition) is 7. The zero-order valence-corrected chi connectivity index (χ0v) is 17.7. The van der Waals surface area contributed by atoms with E-state index in [1.54, 1.807) is 40.7 Å². The molecular weight excluding hydrogens is 380 g/mol. The number of thiophene rings is 1. The van der Waals surface area contributed by atoms with Gasteiger partial charge in [-0.05, 0) is 64.8 Å². The summed E-state index contributed by atoms with van der Waals surface area (Å²) >= 11 is 0.987. The molecule has 8 heteroatoms. The maximum absolute atomic E-state index is 12.7. The number of amides is 1. The summed E-state index contributed by atoms with van der Waals surface area (Å²) in [5.41, 5.74) is 2.40. The van der Waals surface area contributed by atoms with Crippen LogP contribution < -0.4 is 5.32 Å². The molecule has 0 aliphatic rings. The van der Waals surface area contributed by atoms with Gasteiger partial charge in [0.05, 0.1) is 18.3 Å². The van der Waals surface area contributed by atoms with Gasteiger partial charge in [-0.15, -0.1) is 11.3 Å². The SMILES string of the molecule is CCOC(=O)c1c(NC(=O)c2cc(C)cc(C)n2)sc(C(=O)OC(C)C)c1C. The van der Waals surface area contributed by atoms with Crippen molar-refractivity contribution in [3.8, 4) is 0 Å². The Balaban J connectivity index is 2.44. The van der Waals surface area contributed by atoms with Crippen LogP contribution in [-0.4, -0.2) is 35.5 Å². The molecule has 0 atom stereocenters. The lowest BCUT2D eigenvalue weighted by molar-refractivity contribution is 0.0383. The molecule has 0 saturated carbocycles. The molecule has 0 saturated heterocycles. The molecule has 7 nitrogen and oxygen atoms in total. The molecule has 0 radical (unpaired) electrons. The van der Waals surface area contributed by atoms with Crippen LogP contribution in [0.3, 0.4) is 0 Å². The van der Waals surface area contributed by atoms with Gasteiger partial charge in [-0.2, -0.15) is 0 Å². The smallest absolute Gasteiger partial charge is 0.348 e. The largest absolute Gasteiger partial charge is 0.462 e. The number of aryl methyl sites for hydroxylation is 2. The van der Waals surface area contributed by atoms with E-state index in [2.05, 4.69) is 10.3 Å². The van der Waals surface area contributed by atoms with Crippen LogP contribution in [0.1, 0.15) is 68.1 Å². The number of rotatable bonds is 6. The lowest BCUT2D eigenvalue weighted by Gasteiger charge is -2.08. The van der Waals surface area contributed by atoms with Crippen molar-refractivity contribution in [2.45, 2.75) is 47.6 Å². The Kier molecular flexibility index (Phi) is 6.90. The molecule has 2 aromatic rings. The highest BCUT2D eigenvalue weighted by Crippen LogP contribution is 2.34. The van der Waals surface area contributed by atoms with Gasteiger partial charge in [0.15, 0.2) is 0 Å². The fourth-order valence-corrected chi connectivity index (χ4v) is 3.71. The van der Waals surface area contributed by atoms with Crippen molar-refractivity contribution in [1.29, 1.82) is 0 Å². The zero-order valence-electron chi connectivity index (χ0n) is 16.8. The average Bonchev–Trinajstić information content (AvgIpc) is 2.89. The molecule has 0 spiro atoms. The van der Waals surface area contributed by atoms with E-state index < -0.39 is 17.8 Å². The van der Waals surface area contributed by atoms with E-state index in [4.69, 9.17) is 9.47 Å². The number of nitrogens with zero attached hydrogens (tertiary/aromatic N) is 1. The van der Waals surface area contributed by atoms with Gasteiger partial charge in [0.2, 0.25) is 0 Å². The van der Waals surface area contributed by atoms with Crippen LogP contribution >= 0.6 is 11.3 Å². The fraction of sp³-hybridized carbons (Fsp3) is 0.400. The van der Waals surface area contributed by atoms with E-state index in [9.17, 15) is 14.4 Å². The number of pyridine rings is 1. The number of ether oxygens (including phenoxy) is 2. The van der Waals surface area contributed by atoms with E-state index in [1.807, 2.05) is 13.0 Å². The maximum Gasteiger partial charge on any atom is 0.348 e. The Morgan fingerprint density at radius 3 is 2.39 bits per heavy atom. The predicted molar refractivity (Wildman–Crippen MR) is 107 cm³/mol. The van der Waals surface area contributed by atoms with E-state index in [-0.39, 0.29) is 33.8 Å². The molecule has 0 aliphatic heterocycles. The highest BCUT2D eigenvalue weighted by molar-refractivity contribution is 7.18. The molecule has 2 rings (SSSR count). The summed E-state index contributed by atoms with van der Waals surface area (Å²) in [6, 6.07) is 3.51. The molecule has 0 aromatic carbocycles. The minimum Gasteiger partial charge on any atom is -0.462 e. The zero-order chi connectivity index (χ0) is 21.0. The van der Waals surface area contributed by atoms with Crippen molar-refractivity contribution in [3.05, 3.63) is 45.1 Å². The second-order valence-electron chi connectivity index (χ2n) is 6.56. The molecule has 1 N–H and O–H groups in total. The van der Waals surface area contributed by atoms with Gasteiger partial charge in [-0.25, -0.2) is 14.6 Å². The van der Waals surface area contributed by atoms with Crippen molar-refractivity contribution in [2.24, 2.45) is 0 Å². The van der Waals surface area contributed by atoms with Crippen LogP contribution in [0.15, 0.2) is 12.1 Å². The summed E-state index contributed by atoms with van der Waals surface area (Å²) in [6.45, 7) is 10.6. The average molecular weight is 404 g/mol. The van der Waals surface area contributed by atoms with Gasteiger partial charge in [0, 0.05) is 5.69 Å². The Bertz CT molecular complexity index is 897. The number of nitrogens with one attached hydrogen (secondary N) is 1. The first kappa shape index (κ1) is 21.6. The van der Waals surface area contributed by atoms with E-state index in [0.29, 0.717) is 11.3 Å². The second kappa shape index (κ2) is 8.97. The molecule has 0 aliphatic carbocycles. The van der Waals surface area contributed by atoms with E-state index in [0.717, 1.165) is 16.9 Å².